The van der Waals surface area contributed by atoms with Crippen LogP contribution in [0.25, 0.3) is 0 Å². The number of hydrogen-bond donors (Lipinski definition) is 2. The van der Waals surface area contributed by atoms with Crippen molar-refractivity contribution in [3.8, 4) is 0 Å². The summed E-state index contributed by atoms with van der Waals surface area (Å²) < 4.78 is 0. The van der Waals surface area contributed by atoms with Crippen molar-refractivity contribution in [2.45, 2.75) is 32.0 Å². The molecule has 2 aromatic heterocycles. The minimum atomic E-state index is -0.378. The van der Waals surface area contributed by atoms with E-state index in [9.17, 15) is 5.11 Å². The molecular formula is C14H18N2OS. The molecule has 2 atom stereocenters. The summed E-state index contributed by atoms with van der Waals surface area (Å²) in [7, 11) is 0. The van der Waals surface area contributed by atoms with E-state index in [1.54, 1.807) is 17.5 Å². The van der Waals surface area contributed by atoms with Gasteiger partial charge in [0.25, 0.3) is 0 Å². The molecule has 2 aromatic rings. The third-order valence-corrected chi connectivity index (χ3v) is 3.78. The predicted octanol–water partition coefficient (Wildman–Crippen LogP) is 2.74. The topological polar surface area (TPSA) is 45.1 Å². The van der Waals surface area contributed by atoms with E-state index < -0.39 is 0 Å². The molecule has 2 N–H and O–H groups in total. The van der Waals surface area contributed by atoms with E-state index in [2.05, 4.69) is 17.2 Å². The van der Waals surface area contributed by atoms with Crippen LogP contribution in [-0.4, -0.2) is 16.1 Å². The fraction of sp³-hybridized carbons (Fsp3) is 0.357. The Morgan fingerprint density at radius 3 is 2.89 bits per heavy atom. The van der Waals surface area contributed by atoms with Crippen molar-refractivity contribution in [3.05, 3.63) is 52.5 Å². The first kappa shape index (κ1) is 13.2. The smallest absolute Gasteiger partial charge is 0.0896 e. The number of hydrogen-bond acceptors (Lipinski definition) is 4. The Morgan fingerprint density at radius 2 is 2.22 bits per heavy atom. The lowest BCUT2D eigenvalue weighted by Crippen LogP contribution is -2.27. The van der Waals surface area contributed by atoms with Crippen LogP contribution in [0.15, 0.2) is 41.9 Å². The van der Waals surface area contributed by atoms with Gasteiger partial charge in [-0.3, -0.25) is 4.98 Å². The highest BCUT2D eigenvalue weighted by molar-refractivity contribution is 7.10. The average molecular weight is 262 g/mol. The molecule has 2 heterocycles. The Kier molecular flexibility index (Phi) is 4.87. The van der Waals surface area contributed by atoms with Gasteiger partial charge in [0.1, 0.15) is 0 Å². The van der Waals surface area contributed by atoms with E-state index in [4.69, 9.17) is 0 Å². The summed E-state index contributed by atoms with van der Waals surface area (Å²) >= 11 is 1.60. The second-order valence-corrected chi connectivity index (χ2v) is 5.35. The van der Waals surface area contributed by atoms with E-state index in [-0.39, 0.29) is 12.1 Å². The van der Waals surface area contributed by atoms with Crippen LogP contribution < -0.4 is 5.32 Å². The van der Waals surface area contributed by atoms with Gasteiger partial charge < -0.3 is 10.4 Å². The predicted molar refractivity (Wildman–Crippen MR) is 74.4 cm³/mol. The van der Waals surface area contributed by atoms with E-state index in [1.165, 1.54) is 0 Å². The quantitative estimate of drug-likeness (QED) is 0.841. The minimum absolute atomic E-state index is 0.254. The molecule has 0 amide bonds. The van der Waals surface area contributed by atoms with Gasteiger partial charge in [-0.15, -0.1) is 11.3 Å². The molecule has 0 aliphatic heterocycles. The van der Waals surface area contributed by atoms with Crippen LogP contribution in [0.1, 0.15) is 30.0 Å². The summed E-state index contributed by atoms with van der Waals surface area (Å²) in [4.78, 5) is 5.29. The van der Waals surface area contributed by atoms with Crippen LogP contribution in [0.3, 0.4) is 0 Å². The van der Waals surface area contributed by atoms with Crippen LogP contribution in [0.5, 0.6) is 0 Å². The zero-order valence-corrected chi connectivity index (χ0v) is 11.2. The van der Waals surface area contributed by atoms with Crippen molar-refractivity contribution in [1.29, 1.82) is 0 Å². The lowest BCUT2D eigenvalue weighted by Gasteiger charge is -2.16. The first-order valence-corrected chi connectivity index (χ1v) is 6.98. The van der Waals surface area contributed by atoms with Crippen molar-refractivity contribution < 1.29 is 5.11 Å². The van der Waals surface area contributed by atoms with E-state index in [1.807, 2.05) is 35.7 Å². The number of aliphatic hydroxyl groups is 1. The van der Waals surface area contributed by atoms with Crippen LogP contribution in [0.4, 0.5) is 0 Å². The molecule has 0 fully saturated rings. The van der Waals surface area contributed by atoms with Crippen molar-refractivity contribution >= 4 is 11.3 Å². The number of aliphatic hydroxyl groups excluding tert-OH is 1. The monoisotopic (exact) mass is 262 g/mol. The van der Waals surface area contributed by atoms with Gasteiger partial charge in [-0.05, 0) is 36.9 Å². The van der Waals surface area contributed by atoms with Gasteiger partial charge in [-0.25, -0.2) is 0 Å². The average Bonchev–Trinajstić information content (AvgIpc) is 2.91. The van der Waals surface area contributed by atoms with Crippen molar-refractivity contribution in [1.82, 2.24) is 10.3 Å². The molecule has 0 saturated carbocycles. The Hall–Kier alpha value is -1.23. The van der Waals surface area contributed by atoms with Crippen molar-refractivity contribution in [2.24, 2.45) is 0 Å². The zero-order chi connectivity index (χ0) is 12.8. The second kappa shape index (κ2) is 6.64. The lowest BCUT2D eigenvalue weighted by molar-refractivity contribution is 0.157. The Bertz CT molecular complexity index is 444. The highest BCUT2D eigenvalue weighted by Crippen LogP contribution is 2.22. The minimum Gasteiger partial charge on any atom is -0.388 e. The summed E-state index contributed by atoms with van der Waals surface area (Å²) in [5.74, 6) is 0. The third kappa shape index (κ3) is 3.91. The third-order valence-electron chi connectivity index (χ3n) is 2.81. The van der Waals surface area contributed by atoms with Crippen LogP contribution >= 0.6 is 11.3 Å². The van der Waals surface area contributed by atoms with Crippen LogP contribution in [0, 0.1) is 0 Å². The lowest BCUT2D eigenvalue weighted by atomic mass is 10.1. The number of nitrogens with one attached hydrogen (secondary N) is 1. The molecule has 0 aliphatic carbocycles. The SMILES string of the molecule is C[C@@H](C[C@H](O)c1cccs1)NCc1ccccn1. The fourth-order valence-electron chi connectivity index (χ4n) is 1.80. The first-order chi connectivity index (χ1) is 8.75. The fourth-order valence-corrected chi connectivity index (χ4v) is 2.52. The molecule has 0 radical (unpaired) electrons. The second-order valence-electron chi connectivity index (χ2n) is 4.37. The summed E-state index contributed by atoms with van der Waals surface area (Å²) in [5, 5.41) is 15.4. The molecule has 2 rings (SSSR count). The van der Waals surface area contributed by atoms with Gasteiger partial charge in [0, 0.05) is 23.7 Å². The molecule has 0 unspecified atom stereocenters. The van der Waals surface area contributed by atoms with E-state index in [0.717, 1.165) is 17.1 Å². The number of aromatic nitrogens is 1. The molecule has 3 nitrogen and oxygen atoms in total. The van der Waals surface area contributed by atoms with E-state index in [0.29, 0.717) is 6.42 Å². The molecule has 4 heteroatoms. The number of pyridine rings is 1. The van der Waals surface area contributed by atoms with Gasteiger partial charge in [-0.2, -0.15) is 0 Å². The van der Waals surface area contributed by atoms with Gasteiger partial charge >= 0.3 is 0 Å². The number of rotatable bonds is 6. The molecule has 96 valence electrons. The number of nitrogens with zero attached hydrogens (tertiary/aromatic N) is 1. The highest BCUT2D eigenvalue weighted by atomic mass is 32.1. The van der Waals surface area contributed by atoms with Gasteiger partial charge in [0.15, 0.2) is 0 Å². The molecule has 0 bridgehead atoms. The highest BCUT2D eigenvalue weighted by Gasteiger charge is 2.12. The largest absolute Gasteiger partial charge is 0.388 e. The Balaban J connectivity index is 1.77. The van der Waals surface area contributed by atoms with Crippen molar-refractivity contribution in [2.75, 3.05) is 0 Å². The zero-order valence-electron chi connectivity index (χ0n) is 10.4. The molecule has 0 aromatic carbocycles. The summed E-state index contributed by atoms with van der Waals surface area (Å²) in [6.07, 6.45) is 2.13. The maximum Gasteiger partial charge on any atom is 0.0896 e. The van der Waals surface area contributed by atoms with Crippen molar-refractivity contribution in [3.63, 3.8) is 0 Å². The molecular weight excluding hydrogens is 244 g/mol. The molecule has 0 spiro atoms. The Labute approximate surface area is 112 Å². The van der Waals surface area contributed by atoms with Crippen LogP contribution in [-0.2, 0) is 6.54 Å². The van der Waals surface area contributed by atoms with Gasteiger partial charge in [0.2, 0.25) is 0 Å². The standard InChI is InChI=1S/C14H18N2OS/c1-11(9-13(17)14-6-4-8-18-14)16-10-12-5-2-3-7-15-12/h2-8,11,13,16-17H,9-10H2,1H3/t11-,13-/m0/s1. The maximum absolute atomic E-state index is 10.0. The first-order valence-electron chi connectivity index (χ1n) is 6.10. The molecule has 18 heavy (non-hydrogen) atoms. The summed E-state index contributed by atoms with van der Waals surface area (Å²) in [6, 6.07) is 10.1. The van der Waals surface area contributed by atoms with Gasteiger partial charge in [0.05, 0.1) is 11.8 Å². The molecule has 0 aliphatic rings. The number of thiophene rings is 1. The van der Waals surface area contributed by atoms with Gasteiger partial charge in [-0.1, -0.05) is 12.1 Å². The summed E-state index contributed by atoms with van der Waals surface area (Å²) in [6.45, 7) is 2.82. The van der Waals surface area contributed by atoms with E-state index >= 15 is 0 Å². The maximum atomic E-state index is 10.0. The van der Waals surface area contributed by atoms with Crippen LogP contribution in [0.2, 0.25) is 0 Å². The molecule has 0 saturated heterocycles. The normalized spacial score (nSPS) is 14.3. The summed E-state index contributed by atoms with van der Waals surface area (Å²) in [5.41, 5.74) is 1.02. The Morgan fingerprint density at radius 1 is 1.33 bits per heavy atom.